The van der Waals surface area contributed by atoms with Crippen LogP contribution < -0.4 is 10.6 Å². The Bertz CT molecular complexity index is 1000. The summed E-state index contributed by atoms with van der Waals surface area (Å²) >= 11 is 1.16. The number of likely N-dealkylation sites (N-methyl/N-ethyl adjacent to an activating group) is 1. The van der Waals surface area contributed by atoms with Gasteiger partial charge in [-0.15, -0.1) is 5.10 Å². The summed E-state index contributed by atoms with van der Waals surface area (Å²) in [5.74, 6) is 0.323. The number of aryl methyl sites for hydroxylation is 2. The maximum absolute atomic E-state index is 12.8. The van der Waals surface area contributed by atoms with E-state index in [1.165, 1.54) is 17.2 Å². The number of rotatable bonds is 9. The van der Waals surface area contributed by atoms with Crippen molar-refractivity contribution >= 4 is 35.4 Å². The van der Waals surface area contributed by atoms with Crippen molar-refractivity contribution in [2.75, 3.05) is 32.0 Å². The van der Waals surface area contributed by atoms with E-state index in [4.69, 9.17) is 0 Å². The molecule has 2 heterocycles. The number of carbonyl (C=O) groups excluding carboxylic acids is 3. The lowest BCUT2D eigenvalue weighted by Crippen LogP contribution is -2.42. The number of hydrogen-bond acceptors (Lipinski definition) is 7. The Morgan fingerprint density at radius 3 is 2.70 bits per heavy atom. The van der Waals surface area contributed by atoms with Crippen molar-refractivity contribution in [3.05, 3.63) is 52.3 Å². The van der Waals surface area contributed by atoms with Crippen LogP contribution in [0.25, 0.3) is 0 Å². The molecule has 1 saturated heterocycles. The smallest absolute Gasteiger partial charge is 0.275 e. The van der Waals surface area contributed by atoms with Gasteiger partial charge in [0.25, 0.3) is 5.91 Å². The van der Waals surface area contributed by atoms with E-state index in [1.807, 2.05) is 18.2 Å². The second-order valence-corrected chi connectivity index (χ2v) is 8.79. The number of benzene rings is 1. The molecule has 10 heteroatoms. The zero-order valence-corrected chi connectivity index (χ0v) is 20.0. The average molecular weight is 471 g/mol. The summed E-state index contributed by atoms with van der Waals surface area (Å²) in [7, 11) is 1.75. The highest BCUT2D eigenvalue weighted by atomic mass is 32.1. The van der Waals surface area contributed by atoms with Crippen LogP contribution in [0.4, 0.5) is 5.69 Å². The molecule has 2 aromatic rings. The van der Waals surface area contributed by atoms with Gasteiger partial charge in [0.15, 0.2) is 5.69 Å². The van der Waals surface area contributed by atoms with Gasteiger partial charge in [-0.2, -0.15) is 0 Å². The Morgan fingerprint density at radius 2 is 2.06 bits per heavy atom. The van der Waals surface area contributed by atoms with Gasteiger partial charge in [0.05, 0.1) is 0 Å². The fourth-order valence-corrected chi connectivity index (χ4v) is 4.34. The molecule has 1 aliphatic rings. The first-order valence-corrected chi connectivity index (χ1v) is 11.8. The molecule has 1 fully saturated rings. The summed E-state index contributed by atoms with van der Waals surface area (Å²) in [4.78, 5) is 39.7. The molecular weight excluding hydrogens is 440 g/mol. The Kier molecular flexibility index (Phi) is 8.53. The first kappa shape index (κ1) is 24.4. The first-order valence-electron chi connectivity index (χ1n) is 11.0. The predicted octanol–water partition coefficient (Wildman–Crippen LogP) is 2.42. The van der Waals surface area contributed by atoms with Gasteiger partial charge in [0.1, 0.15) is 5.82 Å². The van der Waals surface area contributed by atoms with Crippen LogP contribution in [0.15, 0.2) is 35.5 Å². The Hall–Kier alpha value is -3.27. The van der Waals surface area contributed by atoms with Gasteiger partial charge >= 0.3 is 0 Å². The summed E-state index contributed by atoms with van der Waals surface area (Å²) in [6.45, 7) is 5.98. The molecule has 1 aliphatic heterocycles. The maximum Gasteiger partial charge on any atom is 0.275 e. The van der Waals surface area contributed by atoms with Crippen molar-refractivity contribution < 1.29 is 14.4 Å². The number of nitrogens with one attached hydrogen (secondary N) is 2. The van der Waals surface area contributed by atoms with Gasteiger partial charge in [0, 0.05) is 43.8 Å². The third-order valence-electron chi connectivity index (χ3n) is 5.88. The zero-order chi connectivity index (χ0) is 23.8. The number of carbonyl (C=O) groups is 3. The second-order valence-electron chi connectivity index (χ2n) is 8.18. The molecule has 3 rings (SSSR count). The number of amides is 3. The maximum atomic E-state index is 12.8. The minimum Gasteiger partial charge on any atom is -0.342 e. The average Bonchev–Trinajstić information content (AvgIpc) is 3.35. The van der Waals surface area contributed by atoms with Crippen LogP contribution >= 0.6 is 11.5 Å². The highest BCUT2D eigenvalue weighted by Gasteiger charge is 2.26. The molecular formula is C23H30N6O3S. The van der Waals surface area contributed by atoms with Crippen LogP contribution in [0.3, 0.4) is 0 Å². The molecule has 3 amide bonds. The molecule has 33 heavy (non-hydrogen) atoms. The monoisotopic (exact) mass is 470 g/mol. The highest BCUT2D eigenvalue weighted by Crippen LogP contribution is 2.20. The summed E-state index contributed by atoms with van der Waals surface area (Å²) in [6.07, 6.45) is 4.46. The number of hydrogen-bond donors (Lipinski definition) is 2. The van der Waals surface area contributed by atoms with Crippen molar-refractivity contribution in [2.45, 2.75) is 33.1 Å². The van der Waals surface area contributed by atoms with E-state index < -0.39 is 0 Å². The molecule has 0 spiro atoms. The summed E-state index contributed by atoms with van der Waals surface area (Å²) < 4.78 is 3.75. The van der Waals surface area contributed by atoms with Gasteiger partial charge in [-0.25, -0.2) is 0 Å². The molecule has 9 nitrogen and oxygen atoms in total. The van der Waals surface area contributed by atoms with Crippen molar-refractivity contribution in [1.29, 1.82) is 0 Å². The van der Waals surface area contributed by atoms with E-state index in [9.17, 15) is 14.4 Å². The molecule has 176 valence electrons. The standard InChI is InChI=1S/C23H30N6O3S/c1-4-18-11-19(6-5-16(18)2)25-21(24-15-30)12-22(31)28(3)13-17-7-9-29(10-8-17)23(32)20-14-33-27-26-20/h5-6,11-12,14-15,17,25H,4,7-10,13H2,1-3H3,(H,24,30)/b21-12+. The molecule has 0 atom stereocenters. The topological polar surface area (TPSA) is 108 Å². The molecule has 0 unspecified atom stereocenters. The molecule has 2 N–H and O–H groups in total. The molecule has 1 aromatic carbocycles. The lowest BCUT2D eigenvalue weighted by atomic mass is 9.96. The van der Waals surface area contributed by atoms with Crippen molar-refractivity contribution in [3.63, 3.8) is 0 Å². The van der Waals surface area contributed by atoms with E-state index in [2.05, 4.69) is 34.1 Å². The predicted molar refractivity (Wildman–Crippen MR) is 128 cm³/mol. The fourth-order valence-electron chi connectivity index (χ4n) is 3.91. The third kappa shape index (κ3) is 6.61. The summed E-state index contributed by atoms with van der Waals surface area (Å²) in [5.41, 5.74) is 3.59. The number of likely N-dealkylation sites (tertiary alicyclic amines) is 1. The van der Waals surface area contributed by atoms with Crippen LogP contribution in [0.2, 0.25) is 0 Å². The second kappa shape index (κ2) is 11.6. The van der Waals surface area contributed by atoms with E-state index in [1.54, 1.807) is 22.2 Å². The highest BCUT2D eigenvalue weighted by molar-refractivity contribution is 7.03. The Labute approximate surface area is 198 Å². The van der Waals surface area contributed by atoms with Gasteiger partial charge in [-0.1, -0.05) is 17.5 Å². The molecule has 0 aliphatic carbocycles. The van der Waals surface area contributed by atoms with Crippen LogP contribution in [0.5, 0.6) is 0 Å². The van der Waals surface area contributed by atoms with E-state index >= 15 is 0 Å². The molecule has 0 saturated carbocycles. The Balaban J connectivity index is 1.55. The largest absolute Gasteiger partial charge is 0.342 e. The van der Waals surface area contributed by atoms with Gasteiger partial charge in [-0.05, 0) is 66.9 Å². The van der Waals surface area contributed by atoms with Crippen LogP contribution in [0.1, 0.15) is 41.4 Å². The van der Waals surface area contributed by atoms with E-state index in [-0.39, 0.29) is 11.8 Å². The third-order valence-corrected chi connectivity index (χ3v) is 6.39. The van der Waals surface area contributed by atoms with E-state index in [0.717, 1.165) is 36.5 Å². The van der Waals surface area contributed by atoms with Crippen molar-refractivity contribution in [2.24, 2.45) is 5.92 Å². The molecule has 0 radical (unpaired) electrons. The fraction of sp³-hybridized carbons (Fsp3) is 0.435. The minimum absolute atomic E-state index is 0.0902. The van der Waals surface area contributed by atoms with Gasteiger partial charge in [-0.3, -0.25) is 14.4 Å². The first-order chi connectivity index (χ1) is 15.9. The number of aromatic nitrogens is 2. The van der Waals surface area contributed by atoms with Crippen LogP contribution in [0, 0.1) is 12.8 Å². The zero-order valence-electron chi connectivity index (χ0n) is 19.2. The SMILES string of the molecule is CCc1cc(N/C(=C/C(=O)N(C)CC2CCN(C(=O)c3csnn3)CC2)NC=O)ccc1C. The normalized spacial score (nSPS) is 14.6. The minimum atomic E-state index is -0.207. The molecule has 1 aromatic heterocycles. The summed E-state index contributed by atoms with van der Waals surface area (Å²) in [5, 5.41) is 11.2. The lowest BCUT2D eigenvalue weighted by Gasteiger charge is -2.33. The van der Waals surface area contributed by atoms with Crippen LogP contribution in [-0.2, 0) is 16.0 Å². The van der Waals surface area contributed by atoms with Gasteiger partial charge in [0.2, 0.25) is 12.3 Å². The lowest BCUT2D eigenvalue weighted by molar-refractivity contribution is -0.125. The van der Waals surface area contributed by atoms with Crippen molar-refractivity contribution in [3.8, 4) is 0 Å². The Morgan fingerprint density at radius 1 is 1.30 bits per heavy atom. The number of nitrogens with zero attached hydrogens (tertiary/aromatic N) is 4. The van der Waals surface area contributed by atoms with Crippen LogP contribution in [-0.4, -0.2) is 64.3 Å². The van der Waals surface area contributed by atoms with E-state index in [0.29, 0.717) is 43.5 Å². The molecule has 0 bridgehead atoms. The summed E-state index contributed by atoms with van der Waals surface area (Å²) in [6, 6.07) is 5.94. The van der Waals surface area contributed by atoms with Crippen molar-refractivity contribution in [1.82, 2.24) is 24.7 Å². The number of piperidine rings is 1. The quantitative estimate of drug-likeness (QED) is 0.431. The van der Waals surface area contributed by atoms with Gasteiger partial charge < -0.3 is 20.4 Å². The number of anilines is 1.